The Hall–Kier alpha value is -4.14. The number of rotatable bonds is 14. The van der Waals surface area contributed by atoms with Crippen LogP contribution in [0.2, 0.25) is 0 Å². The van der Waals surface area contributed by atoms with Crippen LogP contribution in [0.1, 0.15) is 11.1 Å². The van der Waals surface area contributed by atoms with Gasteiger partial charge in [0.05, 0.1) is 38.7 Å². The topological polar surface area (TPSA) is 195 Å². The van der Waals surface area contributed by atoms with Gasteiger partial charge in [-0.1, -0.05) is 28.8 Å². The number of aryl methyl sites for hydroxylation is 1. The van der Waals surface area contributed by atoms with Crippen LogP contribution in [0, 0.1) is 6.92 Å². The van der Waals surface area contributed by atoms with Gasteiger partial charge in [-0.25, -0.2) is 22.1 Å². The van der Waals surface area contributed by atoms with Gasteiger partial charge in [-0.05, 0) is 97.9 Å². The molecule has 0 heterocycles. The van der Waals surface area contributed by atoms with Crippen LogP contribution in [0.15, 0.2) is 139 Å². The van der Waals surface area contributed by atoms with Crippen molar-refractivity contribution in [3.8, 4) is 23.0 Å². The highest BCUT2D eigenvalue weighted by atomic mass is 32.3. The average Bonchev–Trinajstić information content (AvgIpc) is 3.10. The molecule has 0 aromatic heterocycles. The number of methoxy groups -OCH3 is 1. The van der Waals surface area contributed by atoms with E-state index in [1.54, 1.807) is 24.3 Å². The van der Waals surface area contributed by atoms with Gasteiger partial charge >= 0.3 is 0 Å². The number of benzene rings is 5. The lowest BCUT2D eigenvalue weighted by molar-refractivity contribution is -0.432. The molecule has 0 saturated carbocycles. The lowest BCUT2D eigenvalue weighted by atomic mass is 10.2. The fraction of sp³-hybridized carbons (Fsp3) is 0.0909. The SMILES string of the molecule is COc1ccc(Oc2ccc(S(=O)(=O)c3ccc(COc4ccc(S(=O)(=O)c5ccc(C)cc5)cc4)c(SOOO)c3)cc2S(O)(O)O)cc1. The molecule has 0 aliphatic rings. The van der Waals surface area contributed by atoms with Crippen LogP contribution in [0.3, 0.4) is 0 Å². The zero-order chi connectivity index (χ0) is 36.1. The zero-order valence-corrected chi connectivity index (χ0v) is 29.5. The molecule has 17 heteroatoms. The van der Waals surface area contributed by atoms with Crippen molar-refractivity contribution in [3.05, 3.63) is 120 Å². The van der Waals surface area contributed by atoms with Gasteiger partial charge in [-0.3, -0.25) is 0 Å². The molecule has 0 amide bonds. The predicted molar refractivity (Wildman–Crippen MR) is 183 cm³/mol. The largest absolute Gasteiger partial charge is 0.497 e. The molecule has 5 aromatic rings. The molecular weight excluding hydrogens is 733 g/mol. The van der Waals surface area contributed by atoms with E-state index in [2.05, 4.69) is 9.37 Å². The minimum absolute atomic E-state index is 0.0684. The highest BCUT2D eigenvalue weighted by Crippen LogP contribution is 2.50. The Morgan fingerprint density at radius 2 is 1.16 bits per heavy atom. The molecule has 0 bridgehead atoms. The minimum Gasteiger partial charge on any atom is -0.497 e. The van der Waals surface area contributed by atoms with E-state index in [-0.39, 0.29) is 37.7 Å². The normalized spacial score (nSPS) is 12.4. The van der Waals surface area contributed by atoms with Crippen LogP contribution in [-0.4, -0.2) is 42.9 Å². The Bertz CT molecular complexity index is 2170. The first-order valence-corrected chi connectivity index (χ1v) is 19.5. The number of hydrogen-bond acceptors (Lipinski definition) is 14. The van der Waals surface area contributed by atoms with Crippen molar-refractivity contribution in [2.75, 3.05) is 7.11 Å². The molecule has 0 unspecified atom stereocenters. The molecule has 50 heavy (non-hydrogen) atoms. The van der Waals surface area contributed by atoms with Gasteiger partial charge in [0.1, 0.15) is 45.4 Å². The molecule has 5 aromatic carbocycles. The third kappa shape index (κ3) is 8.59. The van der Waals surface area contributed by atoms with Gasteiger partial charge in [-0.2, -0.15) is 0 Å². The third-order valence-corrected chi connectivity index (χ3v) is 12.3. The van der Waals surface area contributed by atoms with E-state index in [1.807, 2.05) is 6.92 Å². The molecule has 0 aliphatic heterocycles. The summed E-state index contributed by atoms with van der Waals surface area (Å²) in [5.41, 5.74) is 1.32. The van der Waals surface area contributed by atoms with E-state index in [0.717, 1.165) is 11.6 Å². The lowest BCUT2D eigenvalue weighted by Gasteiger charge is -2.23. The molecule has 0 atom stereocenters. The molecule has 0 spiro atoms. The molecule has 0 aliphatic carbocycles. The van der Waals surface area contributed by atoms with Crippen LogP contribution in [0.4, 0.5) is 0 Å². The van der Waals surface area contributed by atoms with Crippen molar-refractivity contribution < 1.29 is 59.3 Å². The summed E-state index contributed by atoms with van der Waals surface area (Å²) < 4.78 is 105. The van der Waals surface area contributed by atoms with Crippen LogP contribution < -0.4 is 14.2 Å². The molecular formula is C33H30O13S4. The molecule has 264 valence electrons. The van der Waals surface area contributed by atoms with E-state index in [0.29, 0.717) is 29.1 Å². The van der Waals surface area contributed by atoms with E-state index in [4.69, 9.17) is 19.5 Å². The highest BCUT2D eigenvalue weighted by molar-refractivity contribution is 8.19. The second-order valence-electron chi connectivity index (χ2n) is 10.5. The van der Waals surface area contributed by atoms with Crippen molar-refractivity contribution in [2.45, 2.75) is 42.9 Å². The van der Waals surface area contributed by atoms with Crippen LogP contribution in [-0.2, 0) is 35.7 Å². The zero-order valence-electron chi connectivity index (χ0n) is 26.2. The summed E-state index contributed by atoms with van der Waals surface area (Å²) in [4.78, 5) is -0.852. The number of ether oxygens (including phenoxy) is 3. The van der Waals surface area contributed by atoms with E-state index >= 15 is 0 Å². The maximum atomic E-state index is 13.7. The van der Waals surface area contributed by atoms with Gasteiger partial charge in [0, 0.05) is 10.5 Å². The second-order valence-corrected chi connectivity index (χ2v) is 16.6. The van der Waals surface area contributed by atoms with Crippen LogP contribution in [0.25, 0.3) is 0 Å². The molecule has 4 N–H and O–H groups in total. The van der Waals surface area contributed by atoms with Crippen molar-refractivity contribution in [3.63, 3.8) is 0 Å². The molecule has 5 rings (SSSR count). The first-order valence-electron chi connectivity index (χ1n) is 14.3. The Balaban J connectivity index is 1.38. The van der Waals surface area contributed by atoms with Crippen molar-refractivity contribution in [1.29, 1.82) is 0 Å². The maximum absolute atomic E-state index is 13.7. The summed E-state index contributed by atoms with van der Waals surface area (Å²) >= 11 is 0.485. The monoisotopic (exact) mass is 762 g/mol. The Labute approximate surface area is 294 Å². The van der Waals surface area contributed by atoms with Gasteiger partial charge in [0.15, 0.2) is 0 Å². The average molecular weight is 763 g/mol. The standard InChI is InChI=1S/C33H30O13S4/c1-22-3-12-27(13-4-22)48(35,36)28-15-10-25(11-16-28)43-21-23-5-14-29(19-32(23)47-46-45-34)49(37,38)30-17-18-31(33(20-30)50(39,40)41)44-26-8-6-24(42-2)7-9-26/h3-20,34,39-41H,21H2,1-2H3. The first-order chi connectivity index (χ1) is 23.7. The summed E-state index contributed by atoms with van der Waals surface area (Å²) in [7, 11) is -11.1. The van der Waals surface area contributed by atoms with Crippen molar-refractivity contribution in [2.24, 2.45) is 0 Å². The van der Waals surface area contributed by atoms with Gasteiger partial charge in [0.25, 0.3) is 0 Å². The summed E-state index contributed by atoms with van der Waals surface area (Å²) in [6, 6.07) is 25.6. The Morgan fingerprint density at radius 3 is 1.76 bits per heavy atom. The Morgan fingerprint density at radius 1 is 0.640 bits per heavy atom. The second kappa shape index (κ2) is 15.4. The summed E-state index contributed by atoms with van der Waals surface area (Å²) in [5, 5.41) is 12.5. The van der Waals surface area contributed by atoms with Gasteiger partial charge in [0.2, 0.25) is 19.7 Å². The third-order valence-electron chi connectivity index (χ3n) is 7.17. The molecule has 0 saturated heterocycles. The molecule has 0 radical (unpaired) electrons. The fourth-order valence-electron chi connectivity index (χ4n) is 4.54. The van der Waals surface area contributed by atoms with Crippen molar-refractivity contribution in [1.82, 2.24) is 0 Å². The van der Waals surface area contributed by atoms with E-state index in [1.165, 1.54) is 86.0 Å². The van der Waals surface area contributed by atoms with E-state index in [9.17, 15) is 30.5 Å². The number of hydrogen-bond donors (Lipinski definition) is 4. The smallest absolute Gasteiger partial charge is 0.206 e. The van der Waals surface area contributed by atoms with Gasteiger partial charge < -0.3 is 27.9 Å². The first kappa shape index (κ1) is 37.1. The number of sulfone groups is 2. The molecule has 0 fully saturated rings. The maximum Gasteiger partial charge on any atom is 0.206 e. The van der Waals surface area contributed by atoms with Crippen LogP contribution >= 0.6 is 22.9 Å². The predicted octanol–water partition coefficient (Wildman–Crippen LogP) is 8.05. The summed E-state index contributed by atoms with van der Waals surface area (Å²) in [5.74, 6) is 0.902. The quantitative estimate of drug-likeness (QED) is 0.0482. The van der Waals surface area contributed by atoms with E-state index < -0.39 is 40.3 Å². The van der Waals surface area contributed by atoms with Gasteiger partial charge in [-0.15, -0.1) is 4.33 Å². The minimum atomic E-state index is -4.45. The summed E-state index contributed by atoms with van der Waals surface area (Å²) in [6.45, 7) is 1.72. The highest BCUT2D eigenvalue weighted by Gasteiger charge is 2.28. The lowest BCUT2D eigenvalue weighted by Crippen LogP contribution is -2.07. The van der Waals surface area contributed by atoms with Crippen LogP contribution in [0.5, 0.6) is 23.0 Å². The van der Waals surface area contributed by atoms with Crippen molar-refractivity contribution >= 4 is 42.6 Å². The fourth-order valence-corrected chi connectivity index (χ4v) is 8.44. The molecule has 13 nitrogen and oxygen atoms in total. The summed E-state index contributed by atoms with van der Waals surface area (Å²) in [6.07, 6.45) is 0. The Kier molecular flexibility index (Phi) is 11.4.